The van der Waals surface area contributed by atoms with Gasteiger partial charge < -0.3 is 13.7 Å². The van der Waals surface area contributed by atoms with Gasteiger partial charge in [0.05, 0.1) is 19.2 Å². The van der Waals surface area contributed by atoms with Crippen molar-refractivity contribution < 1.29 is 9.15 Å². The Labute approximate surface area is 144 Å². The number of nitrogens with zero attached hydrogens (tertiary/aromatic N) is 2. The Kier molecular flexibility index (Phi) is 5.39. The Balaban J connectivity index is 1.67. The Hall–Kier alpha value is -1.75. The standard InChI is InChI=1S/C17H16Cl2N2O2/c18-14-3-4-15(19)13(10-14)11-23-17(16-2-1-9-22-16)5-7-21-8-6-20-12-21/h1-4,6,8-10,12,17H,5,7,11H2. The van der Waals surface area contributed by atoms with E-state index < -0.39 is 0 Å². The summed E-state index contributed by atoms with van der Waals surface area (Å²) in [4.78, 5) is 4.04. The highest BCUT2D eigenvalue weighted by Crippen LogP contribution is 2.27. The molecule has 3 aromatic rings. The number of halogens is 2. The number of hydrogen-bond donors (Lipinski definition) is 0. The predicted octanol–water partition coefficient (Wildman–Crippen LogP) is 5.13. The number of imidazole rings is 1. The van der Waals surface area contributed by atoms with Crippen LogP contribution in [-0.4, -0.2) is 9.55 Å². The number of benzene rings is 1. The van der Waals surface area contributed by atoms with Gasteiger partial charge in [0.2, 0.25) is 0 Å². The van der Waals surface area contributed by atoms with E-state index in [1.54, 1.807) is 30.9 Å². The van der Waals surface area contributed by atoms with E-state index in [0.29, 0.717) is 16.7 Å². The maximum absolute atomic E-state index is 6.19. The van der Waals surface area contributed by atoms with E-state index in [-0.39, 0.29) is 6.10 Å². The van der Waals surface area contributed by atoms with Crippen molar-refractivity contribution in [2.45, 2.75) is 25.7 Å². The molecule has 0 radical (unpaired) electrons. The SMILES string of the molecule is Clc1ccc(Cl)c(COC(CCn2ccnc2)c2ccco2)c1. The average molecular weight is 351 g/mol. The summed E-state index contributed by atoms with van der Waals surface area (Å²) in [7, 11) is 0. The normalized spacial score (nSPS) is 12.4. The average Bonchev–Trinajstić information content (AvgIpc) is 3.24. The highest BCUT2D eigenvalue weighted by Gasteiger charge is 2.16. The zero-order chi connectivity index (χ0) is 16.1. The van der Waals surface area contributed by atoms with E-state index in [2.05, 4.69) is 4.98 Å². The van der Waals surface area contributed by atoms with Gasteiger partial charge in [-0.05, 0) is 42.3 Å². The molecule has 0 bridgehead atoms. The fraction of sp³-hybridized carbons (Fsp3) is 0.235. The highest BCUT2D eigenvalue weighted by molar-refractivity contribution is 6.33. The van der Waals surface area contributed by atoms with Gasteiger partial charge in [-0.15, -0.1) is 0 Å². The fourth-order valence-electron chi connectivity index (χ4n) is 2.31. The monoisotopic (exact) mass is 350 g/mol. The summed E-state index contributed by atoms with van der Waals surface area (Å²) >= 11 is 12.2. The molecule has 0 aliphatic rings. The molecular formula is C17H16Cl2N2O2. The summed E-state index contributed by atoms with van der Waals surface area (Å²) in [5, 5.41) is 1.28. The van der Waals surface area contributed by atoms with Crippen LogP contribution in [-0.2, 0) is 17.9 Å². The first-order chi connectivity index (χ1) is 11.2. The summed E-state index contributed by atoms with van der Waals surface area (Å²) in [6.07, 6.45) is 7.72. The minimum absolute atomic E-state index is 0.164. The molecule has 0 saturated heterocycles. The van der Waals surface area contributed by atoms with Crippen LogP contribution in [0.1, 0.15) is 23.8 Å². The van der Waals surface area contributed by atoms with E-state index in [1.165, 1.54) is 0 Å². The Morgan fingerprint density at radius 2 is 2.17 bits per heavy atom. The molecule has 0 fully saturated rings. The van der Waals surface area contributed by atoms with Crippen molar-refractivity contribution in [1.82, 2.24) is 9.55 Å². The molecule has 4 nitrogen and oxygen atoms in total. The van der Waals surface area contributed by atoms with Gasteiger partial charge in [0.15, 0.2) is 0 Å². The van der Waals surface area contributed by atoms with Crippen molar-refractivity contribution in [2.75, 3.05) is 0 Å². The topological polar surface area (TPSA) is 40.2 Å². The first-order valence-corrected chi connectivity index (χ1v) is 8.02. The molecule has 0 spiro atoms. The second kappa shape index (κ2) is 7.68. The Morgan fingerprint density at radius 3 is 2.91 bits per heavy atom. The van der Waals surface area contributed by atoms with Crippen molar-refractivity contribution >= 4 is 23.2 Å². The van der Waals surface area contributed by atoms with Gasteiger partial charge in [-0.25, -0.2) is 4.98 Å². The second-order valence-corrected chi connectivity index (χ2v) is 5.98. The lowest BCUT2D eigenvalue weighted by molar-refractivity contribution is 0.0170. The third kappa shape index (κ3) is 4.38. The van der Waals surface area contributed by atoms with Crippen LogP contribution in [0.2, 0.25) is 10.0 Å². The van der Waals surface area contributed by atoms with Crippen molar-refractivity contribution in [3.8, 4) is 0 Å². The molecule has 120 valence electrons. The first-order valence-electron chi connectivity index (χ1n) is 7.27. The number of hydrogen-bond acceptors (Lipinski definition) is 3. The molecule has 0 N–H and O–H groups in total. The first kappa shape index (κ1) is 16.1. The van der Waals surface area contributed by atoms with Crippen LogP contribution >= 0.6 is 23.2 Å². The quantitative estimate of drug-likeness (QED) is 0.592. The van der Waals surface area contributed by atoms with Gasteiger partial charge in [-0.1, -0.05) is 23.2 Å². The lowest BCUT2D eigenvalue weighted by Gasteiger charge is -2.17. The van der Waals surface area contributed by atoms with Gasteiger partial charge in [0.1, 0.15) is 11.9 Å². The molecule has 0 aliphatic carbocycles. The summed E-state index contributed by atoms with van der Waals surface area (Å²) in [5.74, 6) is 0.795. The van der Waals surface area contributed by atoms with Gasteiger partial charge >= 0.3 is 0 Å². The van der Waals surface area contributed by atoms with Gasteiger partial charge in [-0.2, -0.15) is 0 Å². The molecule has 0 saturated carbocycles. The van der Waals surface area contributed by atoms with Gasteiger partial charge in [-0.3, -0.25) is 0 Å². The number of aromatic nitrogens is 2. The number of rotatable bonds is 7. The summed E-state index contributed by atoms with van der Waals surface area (Å²) < 4.78 is 13.5. The fourth-order valence-corrected chi connectivity index (χ4v) is 2.68. The van der Waals surface area contributed by atoms with Crippen LogP contribution in [0.3, 0.4) is 0 Å². The van der Waals surface area contributed by atoms with Crippen LogP contribution < -0.4 is 0 Å². The van der Waals surface area contributed by atoms with Crippen molar-refractivity contribution in [3.63, 3.8) is 0 Å². The predicted molar refractivity (Wildman–Crippen MR) is 89.5 cm³/mol. The maximum atomic E-state index is 6.19. The van der Waals surface area contributed by atoms with Crippen molar-refractivity contribution in [2.24, 2.45) is 0 Å². The van der Waals surface area contributed by atoms with Crippen LogP contribution in [0.25, 0.3) is 0 Å². The van der Waals surface area contributed by atoms with Crippen LogP contribution in [0.15, 0.2) is 59.7 Å². The van der Waals surface area contributed by atoms with Crippen LogP contribution in [0, 0.1) is 0 Å². The molecule has 3 rings (SSSR count). The van der Waals surface area contributed by atoms with Gasteiger partial charge in [0, 0.05) is 29.0 Å². The molecule has 0 aliphatic heterocycles. The third-order valence-electron chi connectivity index (χ3n) is 3.52. The molecule has 1 unspecified atom stereocenters. The highest BCUT2D eigenvalue weighted by atomic mass is 35.5. The van der Waals surface area contributed by atoms with E-state index in [1.807, 2.05) is 29.0 Å². The molecule has 2 heterocycles. The third-order valence-corrected chi connectivity index (χ3v) is 4.12. The van der Waals surface area contributed by atoms with E-state index in [4.69, 9.17) is 32.4 Å². The molecule has 1 aromatic carbocycles. The van der Waals surface area contributed by atoms with Crippen LogP contribution in [0.5, 0.6) is 0 Å². The van der Waals surface area contributed by atoms with E-state index in [0.717, 1.165) is 24.3 Å². The molecule has 1 atom stereocenters. The summed E-state index contributed by atoms with van der Waals surface area (Å²) in [5.41, 5.74) is 0.860. The number of ether oxygens (including phenoxy) is 1. The summed E-state index contributed by atoms with van der Waals surface area (Å²) in [6, 6.07) is 9.12. The smallest absolute Gasteiger partial charge is 0.132 e. The zero-order valence-corrected chi connectivity index (χ0v) is 13.9. The van der Waals surface area contributed by atoms with Crippen molar-refractivity contribution in [1.29, 1.82) is 0 Å². The molecule has 6 heteroatoms. The zero-order valence-electron chi connectivity index (χ0n) is 12.4. The van der Waals surface area contributed by atoms with E-state index in [9.17, 15) is 0 Å². The molecule has 0 amide bonds. The van der Waals surface area contributed by atoms with Crippen LogP contribution in [0.4, 0.5) is 0 Å². The molecule has 23 heavy (non-hydrogen) atoms. The van der Waals surface area contributed by atoms with Gasteiger partial charge in [0.25, 0.3) is 0 Å². The van der Waals surface area contributed by atoms with E-state index >= 15 is 0 Å². The Morgan fingerprint density at radius 1 is 1.26 bits per heavy atom. The molecular weight excluding hydrogens is 335 g/mol. The maximum Gasteiger partial charge on any atom is 0.132 e. The largest absolute Gasteiger partial charge is 0.467 e. The number of aryl methyl sites for hydroxylation is 1. The Bertz CT molecular complexity index is 727. The van der Waals surface area contributed by atoms with Crippen molar-refractivity contribution in [3.05, 3.63) is 76.7 Å². The molecule has 2 aromatic heterocycles. The second-order valence-electron chi connectivity index (χ2n) is 5.14. The minimum atomic E-state index is -0.164. The lowest BCUT2D eigenvalue weighted by Crippen LogP contribution is -2.08. The number of furan rings is 1. The lowest BCUT2D eigenvalue weighted by atomic mass is 10.2. The minimum Gasteiger partial charge on any atom is -0.467 e. The summed E-state index contributed by atoms with van der Waals surface area (Å²) in [6.45, 7) is 1.16.